The molecule has 0 radical (unpaired) electrons. The number of likely N-dealkylation sites (tertiary alicyclic amines) is 1. The largest absolute Gasteiger partial charge is 0.341 e. The van der Waals surface area contributed by atoms with Crippen molar-refractivity contribution in [2.24, 2.45) is 0 Å². The number of piperazine rings is 1. The molecule has 4 nitrogen and oxygen atoms in total. The van der Waals surface area contributed by atoms with Gasteiger partial charge in [0.2, 0.25) is 0 Å². The number of hydrogen-bond acceptors (Lipinski definition) is 3. The van der Waals surface area contributed by atoms with E-state index in [0.717, 1.165) is 19.1 Å². The predicted molar refractivity (Wildman–Crippen MR) is 122 cm³/mol. The minimum absolute atomic E-state index is 0.796. The number of hydrogen-bond donors (Lipinski definition) is 0. The van der Waals surface area contributed by atoms with E-state index in [4.69, 9.17) is 0 Å². The zero-order chi connectivity index (χ0) is 19.8. The molecule has 0 atom stereocenters. The molecule has 3 aromatic rings. The lowest BCUT2D eigenvalue weighted by molar-refractivity contribution is 0.0658. The zero-order valence-electron chi connectivity index (χ0n) is 18.0. The van der Waals surface area contributed by atoms with E-state index in [1.54, 1.807) is 0 Å². The Kier molecular flexibility index (Phi) is 5.33. The van der Waals surface area contributed by atoms with Gasteiger partial charge in [0.05, 0.1) is 0 Å². The monoisotopic (exact) mass is 390 g/mol. The lowest BCUT2D eigenvalue weighted by Crippen LogP contribution is -2.52. The van der Waals surface area contributed by atoms with Gasteiger partial charge in [0.25, 0.3) is 0 Å². The van der Waals surface area contributed by atoms with Crippen LogP contribution in [0.2, 0.25) is 0 Å². The third-order valence-electron chi connectivity index (χ3n) is 7.17. The van der Waals surface area contributed by atoms with Gasteiger partial charge in [0.15, 0.2) is 0 Å². The number of aryl methyl sites for hydroxylation is 1. The molecule has 2 aromatic carbocycles. The van der Waals surface area contributed by atoms with Crippen molar-refractivity contribution in [3.8, 4) is 0 Å². The molecule has 0 bridgehead atoms. The van der Waals surface area contributed by atoms with E-state index in [9.17, 15) is 0 Å². The van der Waals surface area contributed by atoms with Crippen molar-refractivity contribution in [3.05, 3.63) is 48.0 Å². The molecule has 0 N–H and O–H groups in total. The number of nitrogens with zero attached hydrogens (tertiary/aromatic N) is 4. The van der Waals surface area contributed by atoms with Gasteiger partial charge in [-0.15, -0.1) is 0 Å². The fourth-order valence-corrected chi connectivity index (χ4v) is 5.43. The SMILES string of the molecule is CCn1c2ccccc2c2cc(CN3CCC(N4CCN(C)CC4)CC3)ccc21. The summed E-state index contributed by atoms with van der Waals surface area (Å²) in [4.78, 5) is 7.85. The van der Waals surface area contributed by atoms with Crippen LogP contribution < -0.4 is 0 Å². The van der Waals surface area contributed by atoms with E-state index < -0.39 is 0 Å². The molecule has 1 aromatic heterocycles. The molecule has 2 aliphatic heterocycles. The molecule has 29 heavy (non-hydrogen) atoms. The highest BCUT2D eigenvalue weighted by molar-refractivity contribution is 6.08. The van der Waals surface area contributed by atoms with Gasteiger partial charge >= 0.3 is 0 Å². The van der Waals surface area contributed by atoms with Gasteiger partial charge in [-0.1, -0.05) is 24.3 Å². The number of rotatable bonds is 4. The number of likely N-dealkylation sites (N-methyl/N-ethyl adjacent to an activating group) is 1. The molecular weight excluding hydrogens is 356 g/mol. The van der Waals surface area contributed by atoms with E-state index >= 15 is 0 Å². The Morgan fingerprint density at radius 2 is 1.55 bits per heavy atom. The molecule has 2 fully saturated rings. The lowest BCUT2D eigenvalue weighted by Gasteiger charge is -2.42. The first kappa shape index (κ1) is 19.1. The van der Waals surface area contributed by atoms with Gasteiger partial charge in [-0.25, -0.2) is 0 Å². The third kappa shape index (κ3) is 3.70. The molecule has 3 heterocycles. The Morgan fingerprint density at radius 3 is 2.31 bits per heavy atom. The highest BCUT2D eigenvalue weighted by Gasteiger charge is 2.26. The molecule has 4 heteroatoms. The molecule has 154 valence electrons. The second-order valence-electron chi connectivity index (χ2n) is 8.96. The molecular formula is C25H34N4. The summed E-state index contributed by atoms with van der Waals surface area (Å²) < 4.78 is 2.44. The highest BCUT2D eigenvalue weighted by atomic mass is 15.3. The Balaban J connectivity index is 1.28. The highest BCUT2D eigenvalue weighted by Crippen LogP contribution is 2.30. The molecule has 0 amide bonds. The zero-order valence-corrected chi connectivity index (χ0v) is 18.0. The van der Waals surface area contributed by atoms with Crippen molar-refractivity contribution >= 4 is 21.8 Å². The number of fused-ring (bicyclic) bond motifs is 3. The smallest absolute Gasteiger partial charge is 0.0491 e. The third-order valence-corrected chi connectivity index (χ3v) is 7.17. The van der Waals surface area contributed by atoms with Crippen molar-refractivity contribution in [2.45, 2.75) is 38.9 Å². The number of piperidine rings is 1. The minimum Gasteiger partial charge on any atom is -0.341 e. The van der Waals surface area contributed by atoms with E-state index in [-0.39, 0.29) is 0 Å². The van der Waals surface area contributed by atoms with Crippen LogP contribution in [0, 0.1) is 0 Å². The van der Waals surface area contributed by atoms with Gasteiger partial charge in [0, 0.05) is 67.1 Å². The molecule has 2 aliphatic rings. The normalized spacial score (nSPS) is 20.8. The van der Waals surface area contributed by atoms with Crippen molar-refractivity contribution in [3.63, 3.8) is 0 Å². The Bertz CT molecular complexity index is 975. The van der Waals surface area contributed by atoms with Crippen LogP contribution >= 0.6 is 0 Å². The second kappa shape index (κ2) is 8.10. The summed E-state index contributed by atoms with van der Waals surface area (Å²) in [6, 6.07) is 16.8. The molecule has 0 saturated carbocycles. The fraction of sp³-hybridized carbons (Fsp3) is 0.520. The topological polar surface area (TPSA) is 14.7 Å². The average molecular weight is 391 g/mol. The Morgan fingerprint density at radius 1 is 0.828 bits per heavy atom. The summed E-state index contributed by atoms with van der Waals surface area (Å²) in [7, 11) is 2.24. The first-order valence-electron chi connectivity index (χ1n) is 11.4. The van der Waals surface area contributed by atoms with E-state index in [1.165, 1.54) is 79.5 Å². The van der Waals surface area contributed by atoms with Crippen LogP contribution in [-0.2, 0) is 13.1 Å². The predicted octanol–water partition coefficient (Wildman–Crippen LogP) is 4.03. The van der Waals surface area contributed by atoms with Crippen molar-refractivity contribution in [1.29, 1.82) is 0 Å². The number of benzene rings is 2. The molecule has 2 saturated heterocycles. The van der Waals surface area contributed by atoms with E-state index in [0.29, 0.717) is 0 Å². The average Bonchev–Trinajstić information content (AvgIpc) is 3.08. The fourth-order valence-electron chi connectivity index (χ4n) is 5.43. The van der Waals surface area contributed by atoms with Gasteiger partial charge in [0.1, 0.15) is 0 Å². The van der Waals surface area contributed by atoms with Crippen molar-refractivity contribution in [2.75, 3.05) is 46.3 Å². The first-order valence-corrected chi connectivity index (χ1v) is 11.4. The van der Waals surface area contributed by atoms with Crippen LogP contribution in [0.3, 0.4) is 0 Å². The minimum atomic E-state index is 0.796. The van der Waals surface area contributed by atoms with Gasteiger partial charge in [-0.05, 0) is 63.7 Å². The first-order chi connectivity index (χ1) is 14.2. The van der Waals surface area contributed by atoms with Crippen LogP contribution in [0.15, 0.2) is 42.5 Å². The van der Waals surface area contributed by atoms with Gasteiger partial charge in [-0.2, -0.15) is 0 Å². The summed E-state index contributed by atoms with van der Waals surface area (Å²) in [6.45, 7) is 11.7. The van der Waals surface area contributed by atoms with Crippen LogP contribution in [0.25, 0.3) is 21.8 Å². The van der Waals surface area contributed by atoms with Crippen LogP contribution in [0.1, 0.15) is 25.3 Å². The summed E-state index contributed by atoms with van der Waals surface area (Å²) >= 11 is 0. The van der Waals surface area contributed by atoms with Crippen LogP contribution in [-0.4, -0.2) is 71.6 Å². The summed E-state index contributed by atoms with van der Waals surface area (Å²) in [5.74, 6) is 0. The van der Waals surface area contributed by atoms with Crippen molar-refractivity contribution in [1.82, 2.24) is 19.3 Å². The lowest BCUT2D eigenvalue weighted by atomic mass is 10.0. The summed E-state index contributed by atoms with van der Waals surface area (Å²) in [5.41, 5.74) is 4.18. The molecule has 5 rings (SSSR count). The Labute approximate surface area is 174 Å². The standard InChI is InChI=1S/C25H34N4/c1-3-29-24-7-5-4-6-22(24)23-18-20(8-9-25(23)29)19-27-12-10-21(11-13-27)28-16-14-26(2)15-17-28/h4-9,18,21H,3,10-17,19H2,1-2H3. The van der Waals surface area contributed by atoms with Crippen LogP contribution in [0.4, 0.5) is 0 Å². The van der Waals surface area contributed by atoms with E-state index in [2.05, 4.69) is 75.7 Å². The maximum Gasteiger partial charge on any atom is 0.0491 e. The Hall–Kier alpha value is -1.88. The summed E-state index contributed by atoms with van der Waals surface area (Å²) in [6.07, 6.45) is 2.64. The van der Waals surface area contributed by atoms with Crippen molar-refractivity contribution < 1.29 is 0 Å². The maximum absolute atomic E-state index is 2.74. The molecule has 0 spiro atoms. The summed E-state index contributed by atoms with van der Waals surface area (Å²) in [5, 5.41) is 2.80. The second-order valence-corrected chi connectivity index (χ2v) is 8.96. The van der Waals surface area contributed by atoms with Gasteiger partial charge < -0.3 is 9.47 Å². The van der Waals surface area contributed by atoms with Crippen LogP contribution in [0.5, 0.6) is 0 Å². The maximum atomic E-state index is 2.74. The van der Waals surface area contributed by atoms with E-state index in [1.807, 2.05) is 0 Å². The number of aromatic nitrogens is 1. The molecule has 0 aliphatic carbocycles. The quantitative estimate of drug-likeness (QED) is 0.669. The number of para-hydroxylation sites is 1. The molecule has 0 unspecified atom stereocenters. The van der Waals surface area contributed by atoms with Gasteiger partial charge in [-0.3, -0.25) is 9.80 Å².